The van der Waals surface area contributed by atoms with Gasteiger partial charge in [-0.2, -0.15) is 4.98 Å². The number of pyridine rings is 1. The van der Waals surface area contributed by atoms with Gasteiger partial charge in [-0.1, -0.05) is 19.4 Å². The lowest BCUT2D eigenvalue weighted by atomic mass is 10.1. The van der Waals surface area contributed by atoms with E-state index in [1.807, 2.05) is 13.0 Å². The van der Waals surface area contributed by atoms with Crippen molar-refractivity contribution in [2.75, 3.05) is 0 Å². The van der Waals surface area contributed by atoms with Gasteiger partial charge < -0.3 is 5.11 Å². The summed E-state index contributed by atoms with van der Waals surface area (Å²) in [7, 11) is 2.86. The number of imidazole rings is 1. The fourth-order valence-electron chi connectivity index (χ4n) is 3.62. The van der Waals surface area contributed by atoms with Crippen LogP contribution in [0, 0.1) is 0 Å². The number of nitrogens with zero attached hydrogens (tertiary/aromatic N) is 6. The number of aromatic hydroxyl groups is 1. The second kappa shape index (κ2) is 7.29. The lowest BCUT2D eigenvalue weighted by Crippen LogP contribution is -2.37. The SMILES string of the molecule is CCCCc1c(O)n2c3c(=O)n(C)c(=O)n(C)c3nc2n(Cc2ccccn2)c1=O. The van der Waals surface area contributed by atoms with Gasteiger partial charge in [-0.05, 0) is 25.0 Å². The standard InChI is InChI=1S/C20H22N6O4/c1-4-5-9-13-16(27)25(11-12-8-6-7-10-21-12)19-22-15-14(26(19)17(13)28)18(29)24(3)20(30)23(15)2/h6-8,10,28H,4-5,9,11H2,1-3H3. The van der Waals surface area contributed by atoms with Crippen molar-refractivity contribution in [2.45, 2.75) is 32.7 Å². The minimum absolute atomic E-state index is 0.0413. The Hall–Kier alpha value is -3.69. The molecule has 156 valence electrons. The highest BCUT2D eigenvalue weighted by Gasteiger charge is 2.24. The van der Waals surface area contributed by atoms with Crippen molar-refractivity contribution in [1.82, 2.24) is 28.1 Å². The summed E-state index contributed by atoms with van der Waals surface area (Å²) in [6, 6.07) is 5.36. The van der Waals surface area contributed by atoms with Gasteiger partial charge in [0.2, 0.25) is 11.7 Å². The molecule has 0 unspecified atom stereocenters. The molecule has 0 radical (unpaired) electrons. The molecule has 0 atom stereocenters. The molecule has 0 spiro atoms. The van der Waals surface area contributed by atoms with E-state index >= 15 is 0 Å². The lowest BCUT2D eigenvalue weighted by Gasteiger charge is -2.13. The van der Waals surface area contributed by atoms with Gasteiger partial charge in [-0.3, -0.25) is 28.3 Å². The summed E-state index contributed by atoms with van der Waals surface area (Å²) < 4.78 is 4.84. The number of hydrogen-bond acceptors (Lipinski definition) is 6. The van der Waals surface area contributed by atoms with Gasteiger partial charge >= 0.3 is 5.69 Å². The molecule has 0 saturated carbocycles. The Morgan fingerprint density at radius 2 is 1.83 bits per heavy atom. The molecule has 0 fully saturated rings. The van der Waals surface area contributed by atoms with Crippen molar-refractivity contribution < 1.29 is 5.11 Å². The van der Waals surface area contributed by atoms with Gasteiger partial charge in [-0.25, -0.2) is 9.20 Å². The van der Waals surface area contributed by atoms with Crippen LogP contribution >= 0.6 is 0 Å². The fourth-order valence-corrected chi connectivity index (χ4v) is 3.62. The normalized spacial score (nSPS) is 11.6. The van der Waals surface area contributed by atoms with Crippen LogP contribution < -0.4 is 16.8 Å². The Kier molecular flexibility index (Phi) is 4.76. The molecule has 0 aliphatic carbocycles. The second-order valence-electron chi connectivity index (χ2n) is 7.24. The molecule has 1 N–H and O–H groups in total. The van der Waals surface area contributed by atoms with Crippen molar-refractivity contribution in [2.24, 2.45) is 14.1 Å². The van der Waals surface area contributed by atoms with Gasteiger partial charge in [0.15, 0.2) is 11.2 Å². The third-order valence-corrected chi connectivity index (χ3v) is 5.29. The van der Waals surface area contributed by atoms with Crippen LogP contribution in [0.25, 0.3) is 16.9 Å². The predicted molar refractivity (Wildman–Crippen MR) is 111 cm³/mol. The fraction of sp³-hybridized carbons (Fsp3) is 0.350. The van der Waals surface area contributed by atoms with Gasteiger partial charge in [0.1, 0.15) is 0 Å². The first-order valence-corrected chi connectivity index (χ1v) is 9.69. The van der Waals surface area contributed by atoms with E-state index in [4.69, 9.17) is 0 Å². The minimum Gasteiger partial charge on any atom is -0.494 e. The molecule has 10 heteroatoms. The highest BCUT2D eigenvalue weighted by molar-refractivity contribution is 5.76. The number of unbranched alkanes of at least 4 members (excludes halogenated alkanes) is 1. The highest BCUT2D eigenvalue weighted by atomic mass is 16.3. The molecule has 30 heavy (non-hydrogen) atoms. The van der Waals surface area contributed by atoms with Crippen LogP contribution in [0.4, 0.5) is 0 Å². The summed E-state index contributed by atoms with van der Waals surface area (Å²) in [6.45, 7) is 2.10. The van der Waals surface area contributed by atoms with Crippen LogP contribution in [0.15, 0.2) is 38.8 Å². The zero-order valence-corrected chi connectivity index (χ0v) is 17.0. The molecule has 4 rings (SSSR count). The third-order valence-electron chi connectivity index (χ3n) is 5.29. The largest absolute Gasteiger partial charge is 0.494 e. The number of aromatic nitrogens is 6. The van der Waals surface area contributed by atoms with Crippen molar-refractivity contribution in [1.29, 1.82) is 0 Å². The monoisotopic (exact) mass is 410 g/mol. The number of rotatable bonds is 5. The van der Waals surface area contributed by atoms with Crippen molar-refractivity contribution >= 4 is 16.9 Å². The Balaban J connectivity index is 2.18. The first-order chi connectivity index (χ1) is 14.4. The molecule has 10 nitrogen and oxygen atoms in total. The summed E-state index contributed by atoms with van der Waals surface area (Å²) in [5, 5.41) is 11.0. The minimum atomic E-state index is -0.597. The van der Waals surface area contributed by atoms with Crippen molar-refractivity contribution in [3.05, 3.63) is 66.8 Å². The molecular weight excluding hydrogens is 388 g/mol. The number of fused-ring (bicyclic) bond motifs is 3. The zero-order chi connectivity index (χ0) is 21.6. The summed E-state index contributed by atoms with van der Waals surface area (Å²) >= 11 is 0. The Bertz CT molecular complexity index is 1440. The van der Waals surface area contributed by atoms with Crippen LogP contribution in [0.2, 0.25) is 0 Å². The van der Waals surface area contributed by atoms with E-state index in [1.165, 1.54) is 27.6 Å². The third kappa shape index (κ3) is 2.83. The van der Waals surface area contributed by atoms with E-state index in [2.05, 4.69) is 9.97 Å². The average Bonchev–Trinajstić information content (AvgIpc) is 3.15. The molecule has 0 bridgehead atoms. The summed E-state index contributed by atoms with van der Waals surface area (Å²) in [6.07, 6.45) is 3.50. The summed E-state index contributed by atoms with van der Waals surface area (Å²) in [5.41, 5.74) is -0.561. The first-order valence-electron chi connectivity index (χ1n) is 9.69. The molecule has 0 saturated heterocycles. The molecule has 4 aromatic rings. The predicted octanol–water partition coefficient (Wildman–Crippen LogP) is 0.538. The molecule has 0 aliphatic rings. The summed E-state index contributed by atoms with van der Waals surface area (Å²) in [5.74, 6) is -0.240. The van der Waals surface area contributed by atoms with Crippen LogP contribution in [-0.4, -0.2) is 33.2 Å². The van der Waals surface area contributed by atoms with E-state index in [9.17, 15) is 19.5 Å². The van der Waals surface area contributed by atoms with Gasteiger partial charge in [0.25, 0.3) is 11.1 Å². The number of hydrogen-bond donors (Lipinski definition) is 1. The molecule has 0 aromatic carbocycles. The zero-order valence-electron chi connectivity index (χ0n) is 17.0. The maximum atomic E-state index is 13.3. The molecule has 4 heterocycles. The van der Waals surface area contributed by atoms with Gasteiger partial charge in [0.05, 0.1) is 17.8 Å². The summed E-state index contributed by atoms with van der Waals surface area (Å²) in [4.78, 5) is 47.2. The maximum absolute atomic E-state index is 13.3. The van der Waals surface area contributed by atoms with Crippen LogP contribution in [-0.2, 0) is 27.1 Å². The Morgan fingerprint density at radius 1 is 1.07 bits per heavy atom. The van der Waals surface area contributed by atoms with E-state index in [0.29, 0.717) is 18.5 Å². The Morgan fingerprint density at radius 3 is 2.50 bits per heavy atom. The van der Waals surface area contributed by atoms with E-state index < -0.39 is 16.8 Å². The molecular formula is C20H22N6O4. The molecule has 0 amide bonds. The van der Waals surface area contributed by atoms with E-state index in [-0.39, 0.29) is 34.9 Å². The maximum Gasteiger partial charge on any atom is 0.332 e. The second-order valence-corrected chi connectivity index (χ2v) is 7.24. The molecule has 0 aliphatic heterocycles. The van der Waals surface area contributed by atoms with Gasteiger partial charge in [-0.15, -0.1) is 0 Å². The topological polar surface area (TPSA) is 116 Å². The first kappa shape index (κ1) is 19.6. The van der Waals surface area contributed by atoms with Crippen LogP contribution in [0.1, 0.15) is 31.0 Å². The highest BCUT2D eigenvalue weighted by Crippen LogP contribution is 2.22. The molecule has 4 aromatic heterocycles. The average molecular weight is 410 g/mol. The Labute approximate surface area is 170 Å². The van der Waals surface area contributed by atoms with Crippen LogP contribution in [0.3, 0.4) is 0 Å². The van der Waals surface area contributed by atoms with Crippen molar-refractivity contribution in [3.8, 4) is 5.88 Å². The van der Waals surface area contributed by atoms with E-state index in [1.54, 1.807) is 18.3 Å². The van der Waals surface area contributed by atoms with Crippen LogP contribution in [0.5, 0.6) is 5.88 Å². The quantitative estimate of drug-likeness (QED) is 0.513. The van der Waals surface area contributed by atoms with E-state index in [0.717, 1.165) is 11.0 Å². The number of aryl methyl sites for hydroxylation is 1. The van der Waals surface area contributed by atoms with Crippen molar-refractivity contribution in [3.63, 3.8) is 0 Å². The van der Waals surface area contributed by atoms with Gasteiger partial charge in [0, 0.05) is 20.3 Å². The lowest BCUT2D eigenvalue weighted by molar-refractivity contribution is 0.432. The smallest absolute Gasteiger partial charge is 0.332 e.